The monoisotopic (exact) mass is 387 g/mol. The highest BCUT2D eigenvalue weighted by atomic mass is 32.2. The first kappa shape index (κ1) is 19.2. The molecule has 0 N–H and O–H groups in total. The van der Waals surface area contributed by atoms with Crippen LogP contribution in [0.2, 0.25) is 0 Å². The van der Waals surface area contributed by atoms with E-state index in [-0.39, 0.29) is 12.5 Å². The van der Waals surface area contributed by atoms with E-state index in [9.17, 15) is 13.2 Å². The van der Waals surface area contributed by atoms with Crippen LogP contribution in [0.5, 0.6) is 0 Å². The van der Waals surface area contributed by atoms with Gasteiger partial charge in [0.2, 0.25) is 15.9 Å². The van der Waals surface area contributed by atoms with Crippen molar-refractivity contribution in [3.05, 3.63) is 60.2 Å². The summed E-state index contributed by atoms with van der Waals surface area (Å²) in [6.45, 7) is 4.40. The molecule has 0 aliphatic carbocycles. The van der Waals surface area contributed by atoms with Gasteiger partial charge in [0, 0.05) is 31.9 Å². The lowest BCUT2D eigenvalue weighted by molar-refractivity contribution is -0.129. The highest BCUT2D eigenvalue weighted by Gasteiger charge is 2.26. The topological polar surface area (TPSA) is 60.9 Å². The Balaban J connectivity index is 1.66. The van der Waals surface area contributed by atoms with Gasteiger partial charge in [0.1, 0.15) is 6.54 Å². The zero-order chi connectivity index (χ0) is 19.4. The number of anilines is 2. The van der Waals surface area contributed by atoms with Gasteiger partial charge in [-0.2, -0.15) is 0 Å². The van der Waals surface area contributed by atoms with E-state index >= 15 is 0 Å². The number of carbonyl (C=O) groups excluding carboxylic acids is 1. The number of rotatable bonds is 5. The number of para-hydroxylation sites is 1. The molecule has 1 saturated heterocycles. The Morgan fingerprint density at radius 2 is 1.56 bits per heavy atom. The predicted octanol–water partition coefficient (Wildman–Crippen LogP) is 2.11. The second kappa shape index (κ2) is 8.00. The van der Waals surface area contributed by atoms with Crippen LogP contribution in [0.1, 0.15) is 5.56 Å². The first-order valence-corrected chi connectivity index (χ1v) is 10.8. The van der Waals surface area contributed by atoms with Gasteiger partial charge in [-0.25, -0.2) is 8.42 Å². The molecule has 27 heavy (non-hydrogen) atoms. The van der Waals surface area contributed by atoms with Gasteiger partial charge >= 0.3 is 0 Å². The normalized spacial score (nSPS) is 14.9. The molecule has 0 aromatic heterocycles. The molecule has 6 nitrogen and oxygen atoms in total. The van der Waals surface area contributed by atoms with Gasteiger partial charge in [-0.1, -0.05) is 35.9 Å². The molecule has 0 atom stereocenters. The van der Waals surface area contributed by atoms with Crippen molar-refractivity contribution >= 4 is 27.3 Å². The van der Waals surface area contributed by atoms with Crippen LogP contribution < -0.4 is 9.21 Å². The Morgan fingerprint density at radius 1 is 0.963 bits per heavy atom. The van der Waals surface area contributed by atoms with Gasteiger partial charge in [-0.05, 0) is 31.2 Å². The first-order valence-electron chi connectivity index (χ1n) is 8.97. The Hall–Kier alpha value is -2.54. The van der Waals surface area contributed by atoms with Crippen LogP contribution in [0.4, 0.5) is 11.4 Å². The molecular weight excluding hydrogens is 362 g/mol. The highest BCUT2D eigenvalue weighted by Crippen LogP contribution is 2.19. The lowest BCUT2D eigenvalue weighted by Crippen LogP contribution is -2.52. The minimum absolute atomic E-state index is 0.172. The molecule has 3 rings (SSSR count). The fourth-order valence-electron chi connectivity index (χ4n) is 3.19. The zero-order valence-corrected chi connectivity index (χ0v) is 16.5. The maximum atomic E-state index is 12.7. The first-order chi connectivity index (χ1) is 12.8. The number of carbonyl (C=O) groups is 1. The molecule has 0 unspecified atom stereocenters. The fraction of sp³-hybridized carbons (Fsp3) is 0.350. The van der Waals surface area contributed by atoms with E-state index in [1.165, 1.54) is 4.31 Å². The smallest absolute Gasteiger partial charge is 0.243 e. The number of hydrogen-bond donors (Lipinski definition) is 0. The van der Waals surface area contributed by atoms with Gasteiger partial charge in [-0.15, -0.1) is 0 Å². The van der Waals surface area contributed by atoms with E-state index in [2.05, 4.69) is 17.0 Å². The molecule has 0 bridgehead atoms. The molecule has 1 aliphatic heterocycles. The van der Waals surface area contributed by atoms with Gasteiger partial charge in [0.15, 0.2) is 0 Å². The number of benzene rings is 2. The van der Waals surface area contributed by atoms with Gasteiger partial charge in [0.25, 0.3) is 0 Å². The van der Waals surface area contributed by atoms with E-state index in [4.69, 9.17) is 0 Å². The van der Waals surface area contributed by atoms with E-state index in [1.54, 1.807) is 17.0 Å². The van der Waals surface area contributed by atoms with Crippen molar-refractivity contribution in [2.24, 2.45) is 0 Å². The molecule has 1 amide bonds. The molecule has 1 fully saturated rings. The molecule has 144 valence electrons. The van der Waals surface area contributed by atoms with E-state index < -0.39 is 10.0 Å². The SMILES string of the molecule is Cc1ccc(N(CC(=O)N2CCN(c3ccccc3)CC2)S(C)(=O)=O)cc1. The van der Waals surface area contributed by atoms with Crippen molar-refractivity contribution in [3.63, 3.8) is 0 Å². The Labute approximate surface area is 161 Å². The Kier molecular flexibility index (Phi) is 5.70. The average molecular weight is 388 g/mol. The summed E-state index contributed by atoms with van der Waals surface area (Å²) in [6, 6.07) is 17.2. The minimum Gasteiger partial charge on any atom is -0.368 e. The second-order valence-electron chi connectivity index (χ2n) is 6.81. The summed E-state index contributed by atoms with van der Waals surface area (Å²) in [4.78, 5) is 16.7. The van der Waals surface area contributed by atoms with Crippen molar-refractivity contribution in [2.75, 3.05) is 48.2 Å². The van der Waals surface area contributed by atoms with Crippen LogP contribution in [-0.4, -0.2) is 58.2 Å². The van der Waals surface area contributed by atoms with Crippen LogP contribution in [0, 0.1) is 6.92 Å². The average Bonchev–Trinajstić information content (AvgIpc) is 2.67. The van der Waals surface area contributed by atoms with Crippen LogP contribution >= 0.6 is 0 Å². The van der Waals surface area contributed by atoms with Crippen LogP contribution in [0.25, 0.3) is 0 Å². The third-order valence-electron chi connectivity index (χ3n) is 4.75. The lowest BCUT2D eigenvalue weighted by atomic mass is 10.2. The summed E-state index contributed by atoms with van der Waals surface area (Å²) >= 11 is 0. The zero-order valence-electron chi connectivity index (χ0n) is 15.7. The number of nitrogens with zero attached hydrogens (tertiary/aromatic N) is 3. The maximum absolute atomic E-state index is 12.7. The summed E-state index contributed by atoms with van der Waals surface area (Å²) in [5, 5.41) is 0. The molecule has 7 heteroatoms. The van der Waals surface area contributed by atoms with Crippen molar-refractivity contribution in [3.8, 4) is 0 Å². The van der Waals surface area contributed by atoms with Crippen LogP contribution in [0.3, 0.4) is 0 Å². The number of piperazine rings is 1. The molecule has 0 saturated carbocycles. The molecule has 1 aliphatic rings. The van der Waals surface area contributed by atoms with Crippen molar-refractivity contribution in [1.29, 1.82) is 0 Å². The van der Waals surface area contributed by atoms with Gasteiger partial charge in [-0.3, -0.25) is 9.10 Å². The third-order valence-corrected chi connectivity index (χ3v) is 5.90. The van der Waals surface area contributed by atoms with Gasteiger partial charge in [0.05, 0.1) is 11.9 Å². The molecule has 2 aromatic carbocycles. The summed E-state index contributed by atoms with van der Waals surface area (Å²) in [7, 11) is -3.54. The lowest BCUT2D eigenvalue weighted by Gasteiger charge is -2.37. The van der Waals surface area contributed by atoms with E-state index in [0.717, 1.165) is 30.6 Å². The summed E-state index contributed by atoms with van der Waals surface area (Å²) in [5.41, 5.74) is 2.69. The fourth-order valence-corrected chi connectivity index (χ4v) is 4.04. The van der Waals surface area contributed by atoms with E-state index in [1.807, 2.05) is 37.3 Å². The number of amides is 1. The number of sulfonamides is 1. The number of hydrogen-bond acceptors (Lipinski definition) is 4. The molecule has 0 spiro atoms. The molecule has 0 radical (unpaired) electrons. The Bertz CT molecular complexity index is 874. The van der Waals surface area contributed by atoms with Crippen molar-refractivity contribution in [1.82, 2.24) is 4.90 Å². The highest BCUT2D eigenvalue weighted by molar-refractivity contribution is 7.92. The van der Waals surface area contributed by atoms with Crippen LogP contribution in [0.15, 0.2) is 54.6 Å². The summed E-state index contributed by atoms with van der Waals surface area (Å²) < 4.78 is 25.6. The largest absolute Gasteiger partial charge is 0.368 e. The predicted molar refractivity (Wildman–Crippen MR) is 109 cm³/mol. The van der Waals surface area contributed by atoms with Crippen molar-refractivity contribution in [2.45, 2.75) is 6.92 Å². The summed E-state index contributed by atoms with van der Waals surface area (Å²) in [5.74, 6) is -0.172. The quantitative estimate of drug-likeness (QED) is 0.788. The Morgan fingerprint density at radius 3 is 2.11 bits per heavy atom. The standard InChI is InChI=1S/C20H25N3O3S/c1-17-8-10-19(11-9-17)23(27(2,25)26)16-20(24)22-14-12-21(13-15-22)18-6-4-3-5-7-18/h3-11H,12-16H2,1-2H3. The van der Waals surface area contributed by atoms with Crippen molar-refractivity contribution < 1.29 is 13.2 Å². The summed E-state index contributed by atoms with van der Waals surface area (Å²) in [6.07, 6.45) is 1.13. The molecule has 1 heterocycles. The van der Waals surface area contributed by atoms with Gasteiger partial charge < -0.3 is 9.80 Å². The van der Waals surface area contributed by atoms with E-state index in [0.29, 0.717) is 18.8 Å². The molecular formula is C20H25N3O3S. The molecule has 2 aromatic rings. The second-order valence-corrected chi connectivity index (χ2v) is 8.72. The number of aryl methyl sites for hydroxylation is 1. The van der Waals surface area contributed by atoms with Crippen LogP contribution in [-0.2, 0) is 14.8 Å². The maximum Gasteiger partial charge on any atom is 0.243 e. The third kappa shape index (κ3) is 4.80. The minimum atomic E-state index is -3.54.